The van der Waals surface area contributed by atoms with E-state index in [1.54, 1.807) is 17.8 Å². The van der Waals surface area contributed by atoms with Gasteiger partial charge in [-0.05, 0) is 125 Å². The van der Waals surface area contributed by atoms with Crippen LogP contribution in [0.4, 0.5) is 4.79 Å². The third kappa shape index (κ3) is 11.5. The summed E-state index contributed by atoms with van der Waals surface area (Å²) < 4.78 is 17.3. The predicted octanol–water partition coefficient (Wildman–Crippen LogP) is 4.59. The molecule has 2 saturated heterocycles. The van der Waals surface area contributed by atoms with Crippen molar-refractivity contribution < 1.29 is 48.4 Å². The average molecular weight is 930 g/mol. The van der Waals surface area contributed by atoms with E-state index in [0.29, 0.717) is 96.1 Å². The molecule has 2 aliphatic heterocycles. The zero-order valence-electron chi connectivity index (χ0n) is 39.1. The van der Waals surface area contributed by atoms with Crippen molar-refractivity contribution in [1.82, 2.24) is 21.3 Å². The lowest BCUT2D eigenvalue weighted by molar-refractivity contribution is -0.245. The minimum Gasteiger partial charge on any atom is -0.392 e. The molecule has 7 rings (SSSR count). The Morgan fingerprint density at radius 1 is 0.846 bits per heavy atom. The number of aliphatic hydroxyl groups excluding tert-OH is 1. The topological polar surface area (TPSA) is 228 Å². The van der Waals surface area contributed by atoms with Crippen molar-refractivity contribution in [2.75, 3.05) is 51.9 Å². The van der Waals surface area contributed by atoms with Gasteiger partial charge in [0.05, 0.1) is 43.7 Å². The summed E-state index contributed by atoms with van der Waals surface area (Å²) in [5.41, 5.74) is 5.21. The van der Waals surface area contributed by atoms with E-state index < -0.39 is 22.8 Å². The lowest BCUT2D eigenvalue weighted by Gasteiger charge is -2.65. The number of unbranched alkanes of at least 4 members (excludes halogenated alkanes) is 3. The van der Waals surface area contributed by atoms with Gasteiger partial charge in [-0.2, -0.15) is 11.8 Å². The molecular formula is C49H79N5O10S. The van der Waals surface area contributed by atoms with Crippen LogP contribution in [0.25, 0.3) is 0 Å². The van der Waals surface area contributed by atoms with E-state index >= 15 is 0 Å². The van der Waals surface area contributed by atoms with Crippen LogP contribution in [-0.2, 0) is 33.4 Å². The van der Waals surface area contributed by atoms with Crippen LogP contribution in [0, 0.1) is 34.5 Å². The molecule has 6 fully saturated rings. The fourth-order valence-corrected chi connectivity index (χ4v) is 15.0. The zero-order valence-corrected chi connectivity index (χ0v) is 40.0. The zero-order chi connectivity index (χ0) is 46.2. The number of Topliss-reactive ketones (excluding diaryl/α,β-unsaturated/α-hetero) is 1. The van der Waals surface area contributed by atoms with Gasteiger partial charge in [0.1, 0.15) is 18.1 Å². The molecule has 0 unspecified atom stereocenters. The summed E-state index contributed by atoms with van der Waals surface area (Å²) in [6.07, 6.45) is 16.6. The highest BCUT2D eigenvalue weighted by Gasteiger charge is 2.70. The summed E-state index contributed by atoms with van der Waals surface area (Å²) in [5, 5.41) is 36.3. The number of allylic oxidation sites excluding steroid dienone is 2. The van der Waals surface area contributed by atoms with Gasteiger partial charge in [-0.1, -0.05) is 32.3 Å². The lowest BCUT2D eigenvalue weighted by Crippen LogP contribution is -2.67. The Balaban J connectivity index is 0.653. The predicted molar refractivity (Wildman–Crippen MR) is 248 cm³/mol. The van der Waals surface area contributed by atoms with E-state index in [4.69, 9.17) is 19.9 Å². The van der Waals surface area contributed by atoms with Crippen molar-refractivity contribution in [2.45, 2.75) is 177 Å². The van der Waals surface area contributed by atoms with E-state index in [0.717, 1.165) is 89.0 Å². The van der Waals surface area contributed by atoms with Crippen LogP contribution in [0.1, 0.15) is 142 Å². The molecule has 0 aromatic rings. The van der Waals surface area contributed by atoms with Gasteiger partial charge in [0.25, 0.3) is 0 Å². The SMILES string of the molecule is C[C@]12CC[C@H](OCC(=O)NCCCCCC(=O)NCCOCCOCCCC(=O)CCCC[C@@H]3SC[C@]4(N)NC(=O)N[C@H]34)C[C@H]1CC[C@@H]1[C@@H]2C[C@@H](O)[C@]2(C)[C@@H](C3=CC(=O)CC3)CC[C@]12O. The smallest absolute Gasteiger partial charge is 0.316 e. The van der Waals surface area contributed by atoms with Gasteiger partial charge in [-0.25, -0.2) is 4.79 Å². The summed E-state index contributed by atoms with van der Waals surface area (Å²) in [6, 6.07) is -0.252. The molecular weight excluding hydrogens is 851 g/mol. The number of hydrogen-bond acceptors (Lipinski definition) is 12. The molecule has 0 aromatic heterocycles. The molecule has 5 aliphatic carbocycles. The summed E-state index contributed by atoms with van der Waals surface area (Å²) >= 11 is 1.78. The van der Waals surface area contributed by atoms with Crippen molar-refractivity contribution >= 4 is 41.2 Å². The van der Waals surface area contributed by atoms with Gasteiger partial charge in [-0.15, -0.1) is 0 Å². The van der Waals surface area contributed by atoms with Gasteiger partial charge in [0.15, 0.2) is 5.78 Å². The number of fused-ring (bicyclic) bond motifs is 6. The third-order valence-electron chi connectivity index (χ3n) is 17.2. The fraction of sp³-hybridized carbons (Fsp3) is 0.857. The maximum absolute atomic E-state index is 12.7. The van der Waals surface area contributed by atoms with Crippen LogP contribution in [0.15, 0.2) is 11.6 Å². The minimum absolute atomic E-state index is 0.00463. The molecule has 16 heteroatoms. The van der Waals surface area contributed by atoms with Crippen molar-refractivity contribution in [1.29, 1.82) is 0 Å². The number of carbonyl (C=O) groups excluding carboxylic acids is 5. The largest absolute Gasteiger partial charge is 0.392 e. The molecule has 366 valence electrons. The summed E-state index contributed by atoms with van der Waals surface area (Å²) in [6.45, 7) is 7.24. The molecule has 0 aromatic carbocycles. The van der Waals surface area contributed by atoms with E-state index in [1.807, 2.05) is 0 Å². The lowest BCUT2D eigenvalue weighted by atomic mass is 9.42. The molecule has 65 heavy (non-hydrogen) atoms. The van der Waals surface area contributed by atoms with Crippen LogP contribution >= 0.6 is 11.8 Å². The normalized spacial score (nSPS) is 37.1. The summed E-state index contributed by atoms with van der Waals surface area (Å²) in [5.74, 6) is 1.83. The Morgan fingerprint density at radius 2 is 1.62 bits per heavy atom. The maximum atomic E-state index is 12.7. The van der Waals surface area contributed by atoms with Gasteiger partial charge in [-0.3, -0.25) is 19.2 Å². The molecule has 8 N–H and O–H groups in total. The number of rotatable bonds is 25. The van der Waals surface area contributed by atoms with Crippen molar-refractivity contribution in [3.63, 3.8) is 0 Å². The monoisotopic (exact) mass is 930 g/mol. The Bertz CT molecular complexity index is 1740. The first kappa shape index (κ1) is 50.3. The molecule has 4 saturated carbocycles. The molecule has 0 spiro atoms. The molecule has 12 atom stereocenters. The number of ketones is 2. The maximum Gasteiger partial charge on any atom is 0.316 e. The van der Waals surface area contributed by atoms with E-state index in [9.17, 15) is 34.2 Å². The Morgan fingerprint density at radius 3 is 2.42 bits per heavy atom. The van der Waals surface area contributed by atoms with Crippen LogP contribution in [0.2, 0.25) is 0 Å². The Hall–Kier alpha value is -2.60. The van der Waals surface area contributed by atoms with Crippen molar-refractivity contribution in [3.8, 4) is 0 Å². The number of amides is 4. The van der Waals surface area contributed by atoms with Crippen molar-refractivity contribution in [2.24, 2.45) is 40.2 Å². The minimum atomic E-state index is -0.937. The second-order valence-corrected chi connectivity index (χ2v) is 22.3. The Labute approximate surface area is 390 Å². The van der Waals surface area contributed by atoms with Gasteiger partial charge in [0, 0.05) is 61.8 Å². The molecule has 15 nitrogen and oxygen atoms in total. The third-order valence-corrected chi connectivity index (χ3v) is 18.8. The number of urea groups is 1. The van der Waals surface area contributed by atoms with Crippen molar-refractivity contribution in [3.05, 3.63) is 11.6 Å². The van der Waals surface area contributed by atoms with Crippen LogP contribution in [0.3, 0.4) is 0 Å². The second-order valence-electron chi connectivity index (χ2n) is 21.0. The summed E-state index contributed by atoms with van der Waals surface area (Å²) in [4.78, 5) is 61.0. The number of carbonyl (C=O) groups is 5. The second kappa shape index (κ2) is 22.2. The molecule has 4 amide bonds. The highest BCUT2D eigenvalue weighted by molar-refractivity contribution is 8.00. The molecule has 7 aliphatic rings. The Kier molecular flexibility index (Phi) is 17.2. The van der Waals surface area contributed by atoms with Crippen LogP contribution in [0.5, 0.6) is 0 Å². The molecule has 2 heterocycles. The number of nitrogens with two attached hydrogens (primary N) is 1. The van der Waals surface area contributed by atoms with E-state index in [2.05, 4.69) is 35.1 Å². The summed E-state index contributed by atoms with van der Waals surface area (Å²) in [7, 11) is 0. The molecule has 0 radical (unpaired) electrons. The number of hydrogen-bond donors (Lipinski definition) is 7. The average Bonchev–Trinajstić information content (AvgIpc) is 4.00. The quantitative estimate of drug-likeness (QED) is 0.0493. The first-order valence-corrected chi connectivity index (χ1v) is 26.2. The number of aliphatic hydroxyl groups is 2. The standard InChI is InChI=1S/C49H79N5O10S/c1-46-19-17-36(28-33(46)14-16-38-39(46)29-41(57)47(2)37(18-20-48(38,47)61)32-13-15-35(56)27-32)64-30-43(59)51-21-7-3-4-12-42(58)52-22-24-63-26-25-62-23-8-10-34(55)9-5-6-11-40-44-49(50,31-65-40)54-45(60)53-44/h27,33,36-41,44,57,61H,3-26,28-31,50H2,1-2H3,(H,51,59)(H,52,58)(H2,53,54,60)/t33-,36+,37-,38-,39+,40+,41-,44-,46+,47+,48+,49+/m1/s1. The first-order valence-electron chi connectivity index (χ1n) is 25.1. The highest BCUT2D eigenvalue weighted by Crippen LogP contribution is 2.70. The van der Waals surface area contributed by atoms with Gasteiger partial charge < -0.3 is 51.4 Å². The van der Waals surface area contributed by atoms with Gasteiger partial charge in [0.2, 0.25) is 11.8 Å². The highest BCUT2D eigenvalue weighted by atomic mass is 32.2. The fourth-order valence-electron chi connectivity index (χ4n) is 13.4. The van der Waals surface area contributed by atoms with Crippen LogP contribution in [-0.4, -0.2) is 126 Å². The number of thioether (sulfide) groups is 1. The van der Waals surface area contributed by atoms with E-state index in [-0.39, 0.29) is 76.6 Å². The first-order chi connectivity index (χ1) is 31.2. The number of ether oxygens (including phenoxy) is 3. The van der Waals surface area contributed by atoms with Crippen LogP contribution < -0.4 is 27.0 Å². The molecule has 0 bridgehead atoms. The number of nitrogens with one attached hydrogen (secondary N) is 4. The van der Waals surface area contributed by atoms with E-state index in [1.165, 1.54) is 0 Å². The van der Waals surface area contributed by atoms with Gasteiger partial charge >= 0.3 is 6.03 Å².